The molecule has 0 amide bonds. The van der Waals surface area contributed by atoms with Gasteiger partial charge in [0, 0.05) is 32.5 Å². The summed E-state index contributed by atoms with van der Waals surface area (Å²) in [4.78, 5) is 14.7. The molecule has 0 saturated carbocycles. The summed E-state index contributed by atoms with van der Waals surface area (Å²) in [5.74, 6) is 0.224. The van der Waals surface area contributed by atoms with Crippen LogP contribution in [0.4, 0.5) is 0 Å². The second kappa shape index (κ2) is 7.86. The fraction of sp³-hybridized carbons (Fsp3) is 0.611. The summed E-state index contributed by atoms with van der Waals surface area (Å²) >= 11 is 0. The third-order valence-electron chi connectivity index (χ3n) is 4.69. The molecule has 0 radical (unpaired) electrons. The molecule has 22 heavy (non-hydrogen) atoms. The van der Waals surface area contributed by atoms with Crippen molar-refractivity contribution < 1.29 is 14.6 Å². The number of ketones is 1. The van der Waals surface area contributed by atoms with Gasteiger partial charge in [-0.3, -0.25) is 9.69 Å². The number of carbonyl (C=O) groups excluding carboxylic acids is 1. The number of aliphatic hydroxyl groups is 1. The summed E-state index contributed by atoms with van der Waals surface area (Å²) in [5.41, 5.74) is 0.489. The van der Waals surface area contributed by atoms with Crippen molar-refractivity contribution >= 4 is 5.78 Å². The average Bonchev–Trinajstić information content (AvgIpc) is 2.56. The zero-order valence-corrected chi connectivity index (χ0v) is 13.6. The van der Waals surface area contributed by atoms with Gasteiger partial charge in [0.15, 0.2) is 0 Å². The van der Waals surface area contributed by atoms with Crippen LogP contribution < -0.4 is 0 Å². The van der Waals surface area contributed by atoms with E-state index in [2.05, 4.69) is 0 Å². The Morgan fingerprint density at radius 1 is 1.36 bits per heavy atom. The molecule has 4 nitrogen and oxygen atoms in total. The number of hydrogen-bond donors (Lipinski definition) is 1. The summed E-state index contributed by atoms with van der Waals surface area (Å²) in [7, 11) is 0. The van der Waals surface area contributed by atoms with Crippen molar-refractivity contribution in [1.29, 1.82) is 0 Å². The second-order valence-corrected chi connectivity index (χ2v) is 5.89. The molecular formula is C18H27NO3. The molecule has 4 heteroatoms. The molecule has 0 bridgehead atoms. The first-order valence-electron chi connectivity index (χ1n) is 8.22. The normalized spacial score (nSPS) is 26.0. The van der Waals surface area contributed by atoms with Crippen molar-refractivity contribution in [2.75, 3.05) is 26.3 Å². The molecule has 1 heterocycles. The zero-order valence-electron chi connectivity index (χ0n) is 13.6. The van der Waals surface area contributed by atoms with Crippen LogP contribution in [-0.2, 0) is 14.9 Å². The smallest absolute Gasteiger partial charge is 0.143 e. The van der Waals surface area contributed by atoms with E-state index in [1.54, 1.807) is 0 Å². The van der Waals surface area contributed by atoms with E-state index in [1.165, 1.54) is 0 Å². The van der Waals surface area contributed by atoms with E-state index in [-0.39, 0.29) is 5.78 Å². The van der Waals surface area contributed by atoms with Crippen molar-refractivity contribution in [3.63, 3.8) is 0 Å². The molecule has 0 aromatic heterocycles. The van der Waals surface area contributed by atoms with E-state index in [0.29, 0.717) is 32.6 Å². The number of hydrogen-bond acceptors (Lipinski definition) is 4. The predicted molar refractivity (Wildman–Crippen MR) is 86.7 cm³/mol. The standard InChI is InChI=1S/C18H27NO3/c1-3-16(20)18(15-8-6-5-7-9-15)10-11-19(17(21)14-18)12-13-22-4-2/h5-9,17,21H,3-4,10-14H2,1-2H3. The first kappa shape index (κ1) is 17.1. The number of carbonyl (C=O) groups is 1. The van der Waals surface area contributed by atoms with Crippen LogP contribution in [0, 0.1) is 0 Å². The maximum atomic E-state index is 12.6. The highest BCUT2D eigenvalue weighted by molar-refractivity contribution is 5.90. The van der Waals surface area contributed by atoms with Gasteiger partial charge in [-0.1, -0.05) is 37.3 Å². The Morgan fingerprint density at radius 2 is 2.09 bits per heavy atom. The van der Waals surface area contributed by atoms with Crippen LogP contribution in [-0.4, -0.2) is 48.3 Å². The minimum Gasteiger partial charge on any atom is -0.380 e. The summed E-state index contributed by atoms with van der Waals surface area (Å²) < 4.78 is 5.37. The molecule has 2 atom stereocenters. The predicted octanol–water partition coefficient (Wildman–Crippen LogP) is 2.35. The first-order valence-corrected chi connectivity index (χ1v) is 8.22. The van der Waals surface area contributed by atoms with Gasteiger partial charge in [0.2, 0.25) is 0 Å². The minimum absolute atomic E-state index is 0.224. The summed E-state index contributed by atoms with van der Waals surface area (Å²) in [5, 5.41) is 10.5. The topological polar surface area (TPSA) is 49.8 Å². The Kier molecular flexibility index (Phi) is 6.12. The van der Waals surface area contributed by atoms with Crippen LogP contribution in [0.5, 0.6) is 0 Å². The molecule has 1 saturated heterocycles. The summed E-state index contributed by atoms with van der Waals surface area (Å²) in [6.45, 7) is 6.60. The monoisotopic (exact) mass is 305 g/mol. The lowest BCUT2D eigenvalue weighted by Gasteiger charge is -2.44. The number of nitrogens with zero attached hydrogens (tertiary/aromatic N) is 1. The highest BCUT2D eigenvalue weighted by Gasteiger charge is 2.44. The van der Waals surface area contributed by atoms with E-state index in [4.69, 9.17) is 4.74 Å². The van der Waals surface area contributed by atoms with Gasteiger partial charge in [0.1, 0.15) is 12.0 Å². The number of ether oxygens (including phenoxy) is 1. The van der Waals surface area contributed by atoms with E-state index in [1.807, 2.05) is 49.1 Å². The lowest BCUT2D eigenvalue weighted by atomic mass is 9.68. The van der Waals surface area contributed by atoms with Crippen molar-refractivity contribution in [3.8, 4) is 0 Å². The summed E-state index contributed by atoms with van der Waals surface area (Å²) in [6.07, 6.45) is 1.13. The van der Waals surface area contributed by atoms with E-state index < -0.39 is 11.6 Å². The molecule has 0 aliphatic carbocycles. The van der Waals surface area contributed by atoms with E-state index in [0.717, 1.165) is 18.5 Å². The molecule has 1 aliphatic rings. The third-order valence-corrected chi connectivity index (χ3v) is 4.69. The van der Waals surface area contributed by atoms with Gasteiger partial charge >= 0.3 is 0 Å². The van der Waals surface area contributed by atoms with Gasteiger partial charge in [0.25, 0.3) is 0 Å². The lowest BCUT2D eigenvalue weighted by molar-refractivity contribution is -0.132. The van der Waals surface area contributed by atoms with E-state index >= 15 is 0 Å². The number of aliphatic hydroxyl groups excluding tert-OH is 1. The van der Waals surface area contributed by atoms with Crippen LogP contribution in [0.3, 0.4) is 0 Å². The Morgan fingerprint density at radius 3 is 2.68 bits per heavy atom. The average molecular weight is 305 g/mol. The van der Waals surface area contributed by atoms with Gasteiger partial charge in [-0.2, -0.15) is 0 Å². The molecule has 2 rings (SSSR count). The molecule has 1 aliphatic heterocycles. The van der Waals surface area contributed by atoms with Crippen LogP contribution >= 0.6 is 0 Å². The quantitative estimate of drug-likeness (QED) is 0.786. The highest BCUT2D eigenvalue weighted by Crippen LogP contribution is 2.39. The van der Waals surface area contributed by atoms with Gasteiger partial charge in [-0.05, 0) is 18.9 Å². The molecule has 1 aromatic carbocycles. The first-order chi connectivity index (χ1) is 10.6. The fourth-order valence-corrected chi connectivity index (χ4v) is 3.39. The van der Waals surface area contributed by atoms with E-state index in [9.17, 15) is 9.90 Å². The van der Waals surface area contributed by atoms with Crippen LogP contribution in [0.25, 0.3) is 0 Å². The van der Waals surface area contributed by atoms with Gasteiger partial charge < -0.3 is 9.84 Å². The van der Waals surface area contributed by atoms with Crippen molar-refractivity contribution in [2.45, 2.75) is 44.8 Å². The third kappa shape index (κ3) is 3.57. The summed E-state index contributed by atoms with van der Waals surface area (Å²) in [6, 6.07) is 9.91. The molecule has 2 unspecified atom stereocenters. The van der Waals surface area contributed by atoms with Crippen LogP contribution in [0.1, 0.15) is 38.7 Å². The van der Waals surface area contributed by atoms with Gasteiger partial charge in [-0.25, -0.2) is 0 Å². The molecular weight excluding hydrogens is 278 g/mol. The molecule has 122 valence electrons. The highest BCUT2D eigenvalue weighted by atomic mass is 16.5. The van der Waals surface area contributed by atoms with Crippen molar-refractivity contribution in [3.05, 3.63) is 35.9 Å². The molecule has 1 fully saturated rings. The minimum atomic E-state index is -0.593. The van der Waals surface area contributed by atoms with Gasteiger partial charge in [0.05, 0.1) is 12.0 Å². The number of piperidine rings is 1. The molecule has 0 spiro atoms. The second-order valence-electron chi connectivity index (χ2n) is 5.89. The maximum absolute atomic E-state index is 12.6. The lowest BCUT2D eigenvalue weighted by Crippen LogP contribution is -2.53. The zero-order chi connectivity index (χ0) is 16.0. The molecule has 1 N–H and O–H groups in total. The largest absolute Gasteiger partial charge is 0.380 e. The molecule has 1 aromatic rings. The fourth-order valence-electron chi connectivity index (χ4n) is 3.39. The number of likely N-dealkylation sites (tertiary alicyclic amines) is 1. The van der Waals surface area contributed by atoms with Crippen molar-refractivity contribution in [2.24, 2.45) is 0 Å². The Balaban J connectivity index is 2.15. The van der Waals surface area contributed by atoms with Crippen LogP contribution in [0.15, 0.2) is 30.3 Å². The number of rotatable bonds is 7. The SMILES string of the molecule is CCOCCN1CCC(C(=O)CC)(c2ccccc2)CC1O. The maximum Gasteiger partial charge on any atom is 0.143 e. The Labute approximate surface area is 133 Å². The number of Topliss-reactive ketones (excluding diaryl/α,β-unsaturated/α-hetero) is 1. The van der Waals surface area contributed by atoms with Crippen LogP contribution in [0.2, 0.25) is 0 Å². The van der Waals surface area contributed by atoms with Crippen molar-refractivity contribution in [1.82, 2.24) is 4.90 Å². The van der Waals surface area contributed by atoms with Gasteiger partial charge in [-0.15, -0.1) is 0 Å². The number of benzene rings is 1. The Bertz CT molecular complexity index is 476. The Hall–Kier alpha value is -1.23.